The van der Waals surface area contributed by atoms with Crippen LogP contribution in [0.4, 0.5) is 10.1 Å². The molecule has 0 unspecified atom stereocenters. The highest BCUT2D eigenvalue weighted by molar-refractivity contribution is 6.44. The third-order valence-electron chi connectivity index (χ3n) is 2.77. The van der Waals surface area contributed by atoms with Crippen molar-refractivity contribution < 1.29 is 14.0 Å². The van der Waals surface area contributed by atoms with Gasteiger partial charge < -0.3 is 10.6 Å². The van der Waals surface area contributed by atoms with Gasteiger partial charge in [0.1, 0.15) is 5.82 Å². The predicted octanol–water partition coefficient (Wildman–Crippen LogP) is 3.39. The first kappa shape index (κ1) is 16.3. The molecule has 2 N–H and O–H groups in total. The first-order valence-corrected chi connectivity index (χ1v) is 7.00. The van der Waals surface area contributed by atoms with Crippen molar-refractivity contribution in [1.82, 2.24) is 5.32 Å². The van der Waals surface area contributed by atoms with E-state index in [2.05, 4.69) is 10.6 Å². The molecule has 0 saturated carbocycles. The summed E-state index contributed by atoms with van der Waals surface area (Å²) < 4.78 is 12.8. The standard InChI is InChI=1S/C15H11Cl2FN2O2/c16-11-2-1-3-12(17)13(11)20-15(22)14(21)19-8-9-4-6-10(18)7-5-9/h1-7H,8H2,(H,19,21)(H,20,22). The molecule has 2 rings (SSSR count). The van der Waals surface area contributed by atoms with Crippen LogP contribution in [-0.4, -0.2) is 11.8 Å². The number of halogens is 3. The number of hydrogen-bond donors (Lipinski definition) is 2. The molecular weight excluding hydrogens is 330 g/mol. The van der Waals surface area contributed by atoms with Crippen molar-refractivity contribution in [2.45, 2.75) is 6.54 Å². The van der Waals surface area contributed by atoms with Gasteiger partial charge in [0.25, 0.3) is 0 Å². The maximum atomic E-state index is 12.8. The van der Waals surface area contributed by atoms with Crippen LogP contribution in [0, 0.1) is 5.82 Å². The van der Waals surface area contributed by atoms with Gasteiger partial charge in [-0.3, -0.25) is 9.59 Å². The molecule has 4 nitrogen and oxygen atoms in total. The van der Waals surface area contributed by atoms with Gasteiger partial charge in [0.05, 0.1) is 15.7 Å². The van der Waals surface area contributed by atoms with Crippen LogP contribution in [0.3, 0.4) is 0 Å². The van der Waals surface area contributed by atoms with Crippen molar-refractivity contribution >= 4 is 40.7 Å². The third-order valence-corrected chi connectivity index (χ3v) is 3.40. The molecule has 0 heterocycles. The summed E-state index contributed by atoms with van der Waals surface area (Å²) in [4.78, 5) is 23.5. The largest absolute Gasteiger partial charge is 0.344 e. The number of amides is 2. The highest BCUT2D eigenvalue weighted by atomic mass is 35.5. The van der Waals surface area contributed by atoms with Gasteiger partial charge in [-0.25, -0.2) is 4.39 Å². The average molecular weight is 341 g/mol. The lowest BCUT2D eigenvalue weighted by Crippen LogP contribution is -2.35. The first-order chi connectivity index (χ1) is 10.5. The maximum absolute atomic E-state index is 12.8. The molecule has 0 saturated heterocycles. The van der Waals surface area contributed by atoms with E-state index >= 15 is 0 Å². The van der Waals surface area contributed by atoms with Crippen molar-refractivity contribution in [3.05, 3.63) is 63.9 Å². The molecule has 0 bridgehead atoms. The minimum Gasteiger partial charge on any atom is -0.344 e. The average Bonchev–Trinajstić information content (AvgIpc) is 2.50. The van der Waals surface area contributed by atoms with Gasteiger partial charge in [0.15, 0.2) is 0 Å². The van der Waals surface area contributed by atoms with E-state index in [1.807, 2.05) is 0 Å². The van der Waals surface area contributed by atoms with Gasteiger partial charge in [0, 0.05) is 6.54 Å². The first-order valence-electron chi connectivity index (χ1n) is 6.25. The molecule has 2 aromatic rings. The zero-order valence-corrected chi connectivity index (χ0v) is 12.7. The summed E-state index contributed by atoms with van der Waals surface area (Å²) in [5.74, 6) is -2.11. The number of hydrogen-bond acceptors (Lipinski definition) is 2. The van der Waals surface area contributed by atoms with E-state index in [0.717, 1.165) is 0 Å². The van der Waals surface area contributed by atoms with Crippen molar-refractivity contribution in [1.29, 1.82) is 0 Å². The molecule has 0 aliphatic rings. The molecule has 0 atom stereocenters. The number of carbonyl (C=O) groups excluding carboxylic acids is 2. The molecule has 0 radical (unpaired) electrons. The summed E-state index contributed by atoms with van der Waals surface area (Å²) in [6, 6.07) is 10.3. The lowest BCUT2D eigenvalue weighted by molar-refractivity contribution is -0.136. The summed E-state index contributed by atoms with van der Waals surface area (Å²) in [5, 5.41) is 5.22. The summed E-state index contributed by atoms with van der Waals surface area (Å²) in [7, 11) is 0. The normalized spacial score (nSPS) is 10.1. The fourth-order valence-corrected chi connectivity index (χ4v) is 2.14. The Kier molecular flexibility index (Phi) is 5.35. The fourth-order valence-electron chi connectivity index (χ4n) is 1.65. The van der Waals surface area contributed by atoms with Gasteiger partial charge >= 0.3 is 11.8 Å². The van der Waals surface area contributed by atoms with Crippen LogP contribution in [-0.2, 0) is 16.1 Å². The summed E-state index contributed by atoms with van der Waals surface area (Å²) >= 11 is 11.8. The van der Waals surface area contributed by atoms with Gasteiger partial charge in [-0.2, -0.15) is 0 Å². The maximum Gasteiger partial charge on any atom is 0.313 e. The van der Waals surface area contributed by atoms with Crippen molar-refractivity contribution in [2.24, 2.45) is 0 Å². The second-order valence-corrected chi connectivity index (χ2v) is 5.17. The van der Waals surface area contributed by atoms with Crippen molar-refractivity contribution in [3.63, 3.8) is 0 Å². The van der Waals surface area contributed by atoms with E-state index in [9.17, 15) is 14.0 Å². The number of rotatable bonds is 3. The molecule has 114 valence electrons. The van der Waals surface area contributed by atoms with Crippen molar-refractivity contribution in [2.75, 3.05) is 5.32 Å². The molecule has 0 aromatic heterocycles. The Morgan fingerprint density at radius 2 is 1.55 bits per heavy atom. The monoisotopic (exact) mass is 340 g/mol. The highest BCUT2D eigenvalue weighted by Gasteiger charge is 2.16. The second-order valence-electron chi connectivity index (χ2n) is 4.36. The van der Waals surface area contributed by atoms with Crippen LogP contribution >= 0.6 is 23.2 Å². The zero-order chi connectivity index (χ0) is 16.1. The molecule has 0 aliphatic carbocycles. The number of carbonyl (C=O) groups is 2. The molecule has 2 amide bonds. The van der Waals surface area contributed by atoms with Crippen LogP contribution in [0.5, 0.6) is 0 Å². The molecule has 7 heteroatoms. The summed E-state index contributed by atoms with van der Waals surface area (Å²) in [6.07, 6.45) is 0. The summed E-state index contributed by atoms with van der Waals surface area (Å²) in [5.41, 5.74) is 0.839. The Balaban J connectivity index is 1.95. The van der Waals surface area contributed by atoms with Crippen LogP contribution in [0.2, 0.25) is 10.0 Å². The Morgan fingerprint density at radius 3 is 2.14 bits per heavy atom. The van der Waals surface area contributed by atoms with Gasteiger partial charge in [-0.05, 0) is 29.8 Å². The number of benzene rings is 2. The van der Waals surface area contributed by atoms with Gasteiger partial charge in [-0.1, -0.05) is 41.4 Å². The van der Waals surface area contributed by atoms with E-state index in [4.69, 9.17) is 23.2 Å². The lowest BCUT2D eigenvalue weighted by Gasteiger charge is -2.09. The predicted molar refractivity (Wildman–Crippen MR) is 83.3 cm³/mol. The van der Waals surface area contributed by atoms with Crippen LogP contribution in [0.15, 0.2) is 42.5 Å². The SMILES string of the molecule is O=C(NCc1ccc(F)cc1)C(=O)Nc1c(Cl)cccc1Cl. The van der Waals surface area contributed by atoms with E-state index in [1.165, 1.54) is 24.3 Å². The van der Waals surface area contributed by atoms with Gasteiger partial charge in [-0.15, -0.1) is 0 Å². The van der Waals surface area contributed by atoms with E-state index < -0.39 is 11.8 Å². The Morgan fingerprint density at radius 1 is 0.955 bits per heavy atom. The minimum absolute atomic E-state index is 0.1000. The topological polar surface area (TPSA) is 58.2 Å². The molecule has 0 fully saturated rings. The molecule has 2 aromatic carbocycles. The zero-order valence-electron chi connectivity index (χ0n) is 11.2. The quantitative estimate of drug-likeness (QED) is 0.841. The summed E-state index contributed by atoms with van der Waals surface area (Å²) in [6.45, 7) is 0.1000. The number of nitrogens with one attached hydrogen (secondary N) is 2. The van der Waals surface area contributed by atoms with E-state index in [-0.39, 0.29) is 28.1 Å². The van der Waals surface area contributed by atoms with Crippen LogP contribution < -0.4 is 10.6 Å². The molecular formula is C15H11Cl2FN2O2. The molecule has 0 aliphatic heterocycles. The molecule has 0 spiro atoms. The Hall–Kier alpha value is -2.11. The van der Waals surface area contributed by atoms with Gasteiger partial charge in [0.2, 0.25) is 0 Å². The minimum atomic E-state index is -0.892. The third kappa shape index (κ3) is 4.19. The van der Waals surface area contributed by atoms with Crippen molar-refractivity contribution in [3.8, 4) is 0 Å². The Labute approximate surface area is 136 Å². The fraction of sp³-hybridized carbons (Fsp3) is 0.0667. The highest BCUT2D eigenvalue weighted by Crippen LogP contribution is 2.29. The lowest BCUT2D eigenvalue weighted by atomic mass is 10.2. The Bertz CT molecular complexity index is 685. The smallest absolute Gasteiger partial charge is 0.313 e. The number of anilines is 1. The van der Waals surface area contributed by atoms with E-state index in [0.29, 0.717) is 5.56 Å². The number of para-hydroxylation sites is 1. The second kappa shape index (κ2) is 7.24. The van der Waals surface area contributed by atoms with Crippen LogP contribution in [0.25, 0.3) is 0 Å². The molecule has 22 heavy (non-hydrogen) atoms. The van der Waals surface area contributed by atoms with Crippen LogP contribution in [0.1, 0.15) is 5.56 Å². The van der Waals surface area contributed by atoms with E-state index in [1.54, 1.807) is 18.2 Å².